The number of methoxy groups -OCH3 is 1. The molecule has 9 heteroatoms. The smallest absolute Gasteiger partial charge is 0.268 e. The summed E-state index contributed by atoms with van der Waals surface area (Å²) < 4.78 is 40.5. The summed E-state index contributed by atoms with van der Waals surface area (Å²) in [6.07, 6.45) is 3.68. The monoisotopic (exact) mass is 491 g/mol. The number of aryl methyl sites for hydroxylation is 1. The molecule has 1 heterocycles. The van der Waals surface area contributed by atoms with Crippen molar-refractivity contribution in [3.63, 3.8) is 0 Å². The lowest BCUT2D eigenvalue weighted by Crippen LogP contribution is -2.30. The Morgan fingerprint density at radius 3 is 2.60 bits per heavy atom. The molecule has 0 aliphatic heterocycles. The number of para-hydroxylation sites is 1. The molecular weight excluding hydrogens is 466 g/mol. The van der Waals surface area contributed by atoms with E-state index >= 15 is 0 Å². The number of rotatable bonds is 8. The summed E-state index contributed by atoms with van der Waals surface area (Å²) in [6, 6.07) is 16.6. The molecule has 0 fully saturated rings. The zero-order chi connectivity index (χ0) is 25.2. The van der Waals surface area contributed by atoms with Gasteiger partial charge in [0.25, 0.3) is 15.9 Å². The number of hydrogen-bond acceptors (Lipinski definition) is 6. The van der Waals surface area contributed by atoms with E-state index in [1.54, 1.807) is 18.2 Å². The van der Waals surface area contributed by atoms with Crippen LogP contribution in [0.5, 0.6) is 11.5 Å². The highest BCUT2D eigenvalue weighted by molar-refractivity contribution is 7.90. The number of nitrogens with two attached hydrogens (primary N) is 1. The molecular formula is C26H25N3O5S. The fourth-order valence-corrected chi connectivity index (χ4v) is 5.08. The normalized spacial score (nSPS) is 11.3. The lowest BCUT2D eigenvalue weighted by molar-refractivity contribution is 0.0981. The lowest BCUT2D eigenvalue weighted by atomic mass is 10.0. The van der Waals surface area contributed by atoms with Gasteiger partial charge < -0.3 is 19.8 Å². The minimum Gasteiger partial charge on any atom is -0.496 e. The summed E-state index contributed by atoms with van der Waals surface area (Å²) in [7, 11) is -0.727. The van der Waals surface area contributed by atoms with Crippen molar-refractivity contribution in [2.24, 2.45) is 7.05 Å². The molecule has 3 aromatic carbocycles. The molecule has 0 aliphatic carbocycles. The van der Waals surface area contributed by atoms with Gasteiger partial charge in [-0.1, -0.05) is 24.8 Å². The summed E-state index contributed by atoms with van der Waals surface area (Å²) in [5, 5.41) is 1.03. The molecule has 4 aromatic rings. The van der Waals surface area contributed by atoms with Gasteiger partial charge in [0.1, 0.15) is 16.4 Å². The molecule has 0 aliphatic rings. The van der Waals surface area contributed by atoms with Crippen LogP contribution in [0.1, 0.15) is 21.5 Å². The number of nitrogen functional groups attached to an aromatic ring is 1. The average Bonchev–Trinajstić information content (AvgIpc) is 3.13. The van der Waals surface area contributed by atoms with Crippen molar-refractivity contribution >= 4 is 32.5 Å². The van der Waals surface area contributed by atoms with E-state index in [1.165, 1.54) is 31.4 Å². The summed E-state index contributed by atoms with van der Waals surface area (Å²) in [6.45, 7) is 3.44. The van der Waals surface area contributed by atoms with Crippen molar-refractivity contribution in [2.75, 3.05) is 12.8 Å². The number of ether oxygens (including phenoxy) is 2. The van der Waals surface area contributed by atoms with Crippen molar-refractivity contribution in [3.05, 3.63) is 96.4 Å². The average molecular weight is 492 g/mol. The van der Waals surface area contributed by atoms with Gasteiger partial charge in [0.2, 0.25) is 0 Å². The lowest BCUT2D eigenvalue weighted by Gasteiger charge is -2.13. The van der Waals surface area contributed by atoms with E-state index in [4.69, 9.17) is 15.2 Å². The number of benzene rings is 3. The van der Waals surface area contributed by atoms with Crippen LogP contribution in [0, 0.1) is 0 Å². The maximum absolute atomic E-state index is 12.8. The molecule has 1 amide bonds. The summed E-state index contributed by atoms with van der Waals surface area (Å²) in [5.41, 5.74) is 9.73. The number of hydrogen-bond donors (Lipinski definition) is 2. The van der Waals surface area contributed by atoms with Crippen LogP contribution in [0.25, 0.3) is 10.9 Å². The topological polar surface area (TPSA) is 113 Å². The molecule has 0 atom stereocenters. The first-order chi connectivity index (χ1) is 16.7. The van der Waals surface area contributed by atoms with Gasteiger partial charge in [-0.25, -0.2) is 13.1 Å². The minimum absolute atomic E-state index is 0.0615. The fourth-order valence-electron chi connectivity index (χ4n) is 3.96. The van der Waals surface area contributed by atoms with Gasteiger partial charge >= 0.3 is 0 Å². The Morgan fingerprint density at radius 1 is 1.09 bits per heavy atom. The number of fused-ring (bicyclic) bond motifs is 1. The van der Waals surface area contributed by atoms with Crippen LogP contribution >= 0.6 is 0 Å². The van der Waals surface area contributed by atoms with Crippen molar-refractivity contribution < 1.29 is 22.7 Å². The largest absolute Gasteiger partial charge is 0.496 e. The highest BCUT2D eigenvalue weighted by Gasteiger charge is 2.23. The van der Waals surface area contributed by atoms with Crippen LogP contribution in [0.3, 0.4) is 0 Å². The maximum atomic E-state index is 12.8. The molecule has 3 N–H and O–H groups in total. The van der Waals surface area contributed by atoms with E-state index in [9.17, 15) is 13.2 Å². The number of carbonyl (C=O) groups is 1. The quantitative estimate of drug-likeness (QED) is 0.285. The second-order valence-electron chi connectivity index (χ2n) is 7.91. The second kappa shape index (κ2) is 9.55. The Hall–Kier alpha value is -4.24. The predicted octanol–water partition coefficient (Wildman–Crippen LogP) is 4.00. The van der Waals surface area contributed by atoms with Crippen molar-refractivity contribution in [1.29, 1.82) is 0 Å². The van der Waals surface area contributed by atoms with Crippen molar-refractivity contribution in [3.8, 4) is 11.5 Å². The van der Waals surface area contributed by atoms with Crippen molar-refractivity contribution in [2.45, 2.75) is 11.3 Å². The minimum atomic E-state index is -4.19. The predicted molar refractivity (Wildman–Crippen MR) is 135 cm³/mol. The van der Waals surface area contributed by atoms with E-state index < -0.39 is 15.9 Å². The maximum Gasteiger partial charge on any atom is 0.268 e. The Kier molecular flexibility index (Phi) is 6.52. The molecule has 180 valence electrons. The number of anilines is 1. The van der Waals surface area contributed by atoms with E-state index in [1.807, 2.05) is 36.0 Å². The van der Waals surface area contributed by atoms with Crippen LogP contribution in [-0.2, 0) is 23.5 Å². The van der Waals surface area contributed by atoms with Gasteiger partial charge in [0, 0.05) is 41.8 Å². The van der Waals surface area contributed by atoms with Gasteiger partial charge in [-0.05, 0) is 53.6 Å². The molecule has 0 saturated carbocycles. The summed E-state index contributed by atoms with van der Waals surface area (Å²) >= 11 is 0. The number of sulfonamides is 1. The third-order valence-corrected chi connectivity index (χ3v) is 6.97. The highest BCUT2D eigenvalue weighted by Crippen LogP contribution is 2.29. The number of carbonyl (C=O) groups excluding carboxylic acids is 1. The van der Waals surface area contributed by atoms with E-state index in [0.717, 1.165) is 28.3 Å². The summed E-state index contributed by atoms with van der Waals surface area (Å²) in [4.78, 5) is 12.7. The summed E-state index contributed by atoms with van der Waals surface area (Å²) in [5.74, 6) is -0.265. The number of nitrogens with one attached hydrogen (secondary N) is 1. The van der Waals surface area contributed by atoms with Gasteiger partial charge in [0.15, 0.2) is 0 Å². The molecule has 0 unspecified atom stereocenters. The molecule has 4 rings (SSSR count). The standard InChI is InChI=1S/C26H25N3O5S/c1-4-34-23-7-5-6-8-25(23)35(31,32)28-26(30)18-10-9-17(24(14-18)33-3)13-19-16-29(2)22-12-11-20(27)15-21(19)22/h4-12,14-16H,1,13,27H2,2-3H3,(H,28,30). The van der Waals surface area contributed by atoms with Crippen LogP contribution < -0.4 is 19.9 Å². The van der Waals surface area contributed by atoms with Crippen molar-refractivity contribution in [1.82, 2.24) is 9.29 Å². The van der Waals surface area contributed by atoms with E-state index in [0.29, 0.717) is 17.9 Å². The van der Waals surface area contributed by atoms with Gasteiger partial charge in [-0.15, -0.1) is 0 Å². The third-order valence-electron chi connectivity index (χ3n) is 5.60. The van der Waals surface area contributed by atoms with Gasteiger partial charge in [-0.2, -0.15) is 0 Å². The van der Waals surface area contributed by atoms with Gasteiger partial charge in [-0.3, -0.25) is 4.79 Å². The first-order valence-electron chi connectivity index (χ1n) is 10.7. The van der Waals surface area contributed by atoms with Crippen LogP contribution in [0.15, 0.2) is 84.6 Å². The SMILES string of the molecule is C=COc1ccccc1S(=O)(=O)NC(=O)c1ccc(Cc2cn(C)c3ccc(N)cc23)c(OC)c1. The Labute approximate surface area is 203 Å². The Morgan fingerprint density at radius 2 is 1.86 bits per heavy atom. The van der Waals surface area contributed by atoms with Crippen LogP contribution in [-0.4, -0.2) is 26.0 Å². The number of aromatic nitrogens is 1. The Balaban J connectivity index is 1.61. The molecule has 0 bridgehead atoms. The molecule has 0 spiro atoms. The van der Waals surface area contributed by atoms with Crippen LogP contribution in [0.4, 0.5) is 5.69 Å². The number of amides is 1. The first kappa shape index (κ1) is 23.9. The molecule has 0 radical (unpaired) electrons. The molecule has 35 heavy (non-hydrogen) atoms. The second-order valence-corrected chi connectivity index (χ2v) is 9.56. The Bertz CT molecular complexity index is 1540. The zero-order valence-corrected chi connectivity index (χ0v) is 20.1. The highest BCUT2D eigenvalue weighted by atomic mass is 32.2. The van der Waals surface area contributed by atoms with E-state index in [-0.39, 0.29) is 16.2 Å². The fraction of sp³-hybridized carbons (Fsp3) is 0.115. The zero-order valence-electron chi connectivity index (χ0n) is 19.3. The third kappa shape index (κ3) is 4.85. The molecule has 8 nitrogen and oxygen atoms in total. The first-order valence-corrected chi connectivity index (χ1v) is 12.2. The van der Waals surface area contributed by atoms with E-state index in [2.05, 4.69) is 11.3 Å². The molecule has 1 aromatic heterocycles. The van der Waals surface area contributed by atoms with Crippen LogP contribution in [0.2, 0.25) is 0 Å². The van der Waals surface area contributed by atoms with Gasteiger partial charge in [0.05, 0.1) is 13.4 Å². The molecule has 0 saturated heterocycles. The number of nitrogens with zero attached hydrogens (tertiary/aromatic N) is 1.